The number of thiazole rings is 1. The number of hydrogen-bond acceptors (Lipinski definition) is 4. The highest BCUT2D eigenvalue weighted by Gasteiger charge is 2.21. The van der Waals surface area contributed by atoms with Crippen molar-refractivity contribution in [2.45, 2.75) is 38.1 Å². The molecule has 1 saturated carbocycles. The summed E-state index contributed by atoms with van der Waals surface area (Å²) >= 11 is 1.57. The van der Waals surface area contributed by atoms with Crippen LogP contribution in [0.1, 0.15) is 42.5 Å². The molecule has 1 N–H and O–H groups in total. The van der Waals surface area contributed by atoms with Crippen LogP contribution in [-0.4, -0.2) is 21.9 Å². The number of aromatic nitrogens is 2. The molecule has 1 amide bonds. The second kappa shape index (κ2) is 6.69. The fourth-order valence-electron chi connectivity index (χ4n) is 3.24. The van der Waals surface area contributed by atoms with Crippen molar-refractivity contribution in [3.8, 4) is 10.7 Å². The van der Waals surface area contributed by atoms with Gasteiger partial charge in [-0.15, -0.1) is 11.3 Å². The van der Waals surface area contributed by atoms with Crippen molar-refractivity contribution < 1.29 is 4.79 Å². The molecule has 4 rings (SSSR count). The Balaban J connectivity index is 1.65. The Kier molecular flexibility index (Phi) is 4.26. The summed E-state index contributed by atoms with van der Waals surface area (Å²) in [5.41, 5.74) is 2.23. The van der Waals surface area contributed by atoms with Gasteiger partial charge in [-0.1, -0.05) is 31.4 Å². The summed E-state index contributed by atoms with van der Waals surface area (Å²) in [5, 5.41) is 3.97. The molecule has 5 heteroatoms. The Morgan fingerprint density at radius 2 is 1.92 bits per heavy atom. The van der Waals surface area contributed by atoms with Crippen molar-refractivity contribution in [3.05, 3.63) is 48.2 Å². The molecule has 0 spiro atoms. The second-order valence-electron chi connectivity index (χ2n) is 6.19. The minimum atomic E-state index is -0.0377. The van der Waals surface area contributed by atoms with E-state index in [2.05, 4.69) is 15.3 Å². The summed E-state index contributed by atoms with van der Waals surface area (Å²) in [6.45, 7) is 0. The van der Waals surface area contributed by atoms with Gasteiger partial charge in [0, 0.05) is 12.2 Å². The molecule has 0 atom stereocenters. The van der Waals surface area contributed by atoms with Crippen molar-refractivity contribution in [2.75, 3.05) is 0 Å². The van der Waals surface area contributed by atoms with E-state index >= 15 is 0 Å². The molecule has 2 aromatic heterocycles. The van der Waals surface area contributed by atoms with E-state index in [1.807, 2.05) is 36.4 Å². The van der Waals surface area contributed by atoms with E-state index in [0.29, 0.717) is 11.3 Å². The molecule has 3 aromatic rings. The molecule has 1 fully saturated rings. The molecular formula is C19H19N3OS. The van der Waals surface area contributed by atoms with Gasteiger partial charge in [-0.05, 0) is 37.1 Å². The number of nitrogens with one attached hydrogen (secondary N) is 1. The van der Waals surface area contributed by atoms with Crippen LogP contribution in [0.2, 0.25) is 0 Å². The van der Waals surface area contributed by atoms with Gasteiger partial charge in [0.2, 0.25) is 0 Å². The van der Waals surface area contributed by atoms with Crippen LogP contribution in [-0.2, 0) is 0 Å². The Morgan fingerprint density at radius 1 is 1.08 bits per heavy atom. The Morgan fingerprint density at radius 3 is 2.75 bits per heavy atom. The molecule has 2 heterocycles. The van der Waals surface area contributed by atoms with Gasteiger partial charge in [0.1, 0.15) is 10.7 Å². The summed E-state index contributed by atoms with van der Waals surface area (Å²) in [6, 6.07) is 11.9. The first-order chi connectivity index (χ1) is 11.8. The molecule has 122 valence electrons. The van der Waals surface area contributed by atoms with Crippen LogP contribution in [0.4, 0.5) is 0 Å². The number of carbonyl (C=O) groups is 1. The number of rotatable bonds is 3. The standard InChI is InChI=1S/C19H19N3OS/c23-18(21-13-7-2-1-3-8-13)14-9-6-12-20-17(14)19-22-15-10-4-5-11-16(15)24-19/h4-6,9-13H,1-3,7-8H2,(H,21,23). The molecule has 0 bridgehead atoms. The van der Waals surface area contributed by atoms with E-state index in [0.717, 1.165) is 28.1 Å². The highest BCUT2D eigenvalue weighted by Crippen LogP contribution is 2.30. The molecular weight excluding hydrogens is 318 g/mol. The molecule has 1 aliphatic carbocycles. The van der Waals surface area contributed by atoms with Gasteiger partial charge in [0.15, 0.2) is 0 Å². The van der Waals surface area contributed by atoms with E-state index in [1.54, 1.807) is 17.5 Å². The molecule has 24 heavy (non-hydrogen) atoms. The molecule has 0 saturated heterocycles. The number of fused-ring (bicyclic) bond motifs is 1. The lowest BCUT2D eigenvalue weighted by Gasteiger charge is -2.23. The lowest BCUT2D eigenvalue weighted by molar-refractivity contribution is 0.0928. The minimum Gasteiger partial charge on any atom is -0.349 e. The van der Waals surface area contributed by atoms with Crippen molar-refractivity contribution in [2.24, 2.45) is 0 Å². The van der Waals surface area contributed by atoms with E-state index < -0.39 is 0 Å². The quantitative estimate of drug-likeness (QED) is 0.769. The zero-order chi connectivity index (χ0) is 16.4. The molecule has 1 aromatic carbocycles. The zero-order valence-corrected chi connectivity index (χ0v) is 14.2. The van der Waals surface area contributed by atoms with Gasteiger partial charge in [0.05, 0.1) is 15.8 Å². The van der Waals surface area contributed by atoms with Gasteiger partial charge in [-0.25, -0.2) is 4.98 Å². The average Bonchev–Trinajstić information content (AvgIpc) is 3.06. The second-order valence-corrected chi connectivity index (χ2v) is 7.23. The number of carbonyl (C=O) groups excluding carboxylic acids is 1. The summed E-state index contributed by atoms with van der Waals surface area (Å²) in [4.78, 5) is 21.8. The number of hydrogen-bond donors (Lipinski definition) is 1. The van der Waals surface area contributed by atoms with Crippen molar-refractivity contribution in [3.63, 3.8) is 0 Å². The summed E-state index contributed by atoms with van der Waals surface area (Å²) in [6.07, 6.45) is 7.53. The lowest BCUT2D eigenvalue weighted by atomic mass is 9.95. The lowest BCUT2D eigenvalue weighted by Crippen LogP contribution is -2.36. The molecule has 0 unspecified atom stereocenters. The minimum absolute atomic E-state index is 0.0377. The maximum Gasteiger partial charge on any atom is 0.253 e. The van der Waals surface area contributed by atoms with Crippen LogP contribution in [0.3, 0.4) is 0 Å². The largest absolute Gasteiger partial charge is 0.349 e. The van der Waals surface area contributed by atoms with E-state index in [-0.39, 0.29) is 11.9 Å². The first-order valence-electron chi connectivity index (χ1n) is 8.43. The molecule has 4 nitrogen and oxygen atoms in total. The van der Waals surface area contributed by atoms with Crippen LogP contribution >= 0.6 is 11.3 Å². The van der Waals surface area contributed by atoms with Gasteiger partial charge in [-0.2, -0.15) is 0 Å². The predicted octanol–water partition coefficient (Wildman–Crippen LogP) is 4.42. The molecule has 0 radical (unpaired) electrons. The van der Waals surface area contributed by atoms with Crippen LogP contribution in [0.5, 0.6) is 0 Å². The zero-order valence-electron chi connectivity index (χ0n) is 13.4. The third-order valence-electron chi connectivity index (χ3n) is 4.49. The van der Waals surface area contributed by atoms with Crippen LogP contribution < -0.4 is 5.32 Å². The monoisotopic (exact) mass is 337 g/mol. The number of benzene rings is 1. The normalized spacial score (nSPS) is 15.5. The predicted molar refractivity (Wildman–Crippen MR) is 97.2 cm³/mol. The fraction of sp³-hybridized carbons (Fsp3) is 0.316. The maximum atomic E-state index is 12.7. The summed E-state index contributed by atoms with van der Waals surface area (Å²) < 4.78 is 1.11. The Hall–Kier alpha value is -2.27. The van der Waals surface area contributed by atoms with Crippen LogP contribution in [0.15, 0.2) is 42.6 Å². The number of pyridine rings is 1. The Bertz CT molecular complexity index is 835. The van der Waals surface area contributed by atoms with Crippen molar-refractivity contribution >= 4 is 27.5 Å². The van der Waals surface area contributed by atoms with Gasteiger partial charge >= 0.3 is 0 Å². The first kappa shape index (κ1) is 15.3. The number of nitrogens with zero attached hydrogens (tertiary/aromatic N) is 2. The van der Waals surface area contributed by atoms with Crippen molar-refractivity contribution in [1.82, 2.24) is 15.3 Å². The van der Waals surface area contributed by atoms with Gasteiger partial charge < -0.3 is 5.32 Å². The van der Waals surface area contributed by atoms with E-state index in [9.17, 15) is 4.79 Å². The summed E-state index contributed by atoms with van der Waals surface area (Å²) in [5.74, 6) is -0.0377. The third kappa shape index (κ3) is 3.04. The third-order valence-corrected chi connectivity index (χ3v) is 5.53. The van der Waals surface area contributed by atoms with E-state index in [1.165, 1.54) is 19.3 Å². The SMILES string of the molecule is O=C(NC1CCCCC1)c1cccnc1-c1nc2ccccc2s1. The molecule has 1 aliphatic rings. The van der Waals surface area contributed by atoms with Gasteiger partial charge in [-0.3, -0.25) is 9.78 Å². The van der Waals surface area contributed by atoms with Crippen LogP contribution in [0, 0.1) is 0 Å². The first-order valence-corrected chi connectivity index (χ1v) is 9.25. The topological polar surface area (TPSA) is 54.9 Å². The number of para-hydroxylation sites is 1. The van der Waals surface area contributed by atoms with E-state index in [4.69, 9.17) is 0 Å². The average molecular weight is 337 g/mol. The summed E-state index contributed by atoms with van der Waals surface area (Å²) in [7, 11) is 0. The van der Waals surface area contributed by atoms with Gasteiger partial charge in [0.25, 0.3) is 5.91 Å². The maximum absolute atomic E-state index is 12.7. The highest BCUT2D eigenvalue weighted by atomic mass is 32.1. The Labute approximate surface area is 145 Å². The highest BCUT2D eigenvalue weighted by molar-refractivity contribution is 7.21. The number of amides is 1. The van der Waals surface area contributed by atoms with Crippen LogP contribution in [0.25, 0.3) is 20.9 Å². The van der Waals surface area contributed by atoms with Crippen molar-refractivity contribution in [1.29, 1.82) is 0 Å². The molecule has 0 aliphatic heterocycles. The smallest absolute Gasteiger partial charge is 0.253 e. The fourth-order valence-corrected chi connectivity index (χ4v) is 4.22.